The quantitative estimate of drug-likeness (QED) is 0.0988. The second-order valence-electron chi connectivity index (χ2n) is 9.04. The van der Waals surface area contributed by atoms with Gasteiger partial charge in [-0.05, 0) is 44.2 Å². The summed E-state index contributed by atoms with van der Waals surface area (Å²) in [6.45, 7) is 3.66. The van der Waals surface area contributed by atoms with Gasteiger partial charge < -0.3 is 4.55 Å². The summed E-state index contributed by atoms with van der Waals surface area (Å²) in [5.74, 6) is -14.9. The van der Waals surface area contributed by atoms with Crippen LogP contribution in [0.25, 0.3) is 0 Å². The zero-order chi connectivity index (χ0) is 32.1. The van der Waals surface area contributed by atoms with Crippen molar-refractivity contribution in [2.45, 2.75) is 46.9 Å². The van der Waals surface area contributed by atoms with Gasteiger partial charge in [0.1, 0.15) is 20.6 Å². The number of hydrogen-bond acceptors (Lipinski definition) is 5. The molecule has 0 saturated heterocycles. The van der Waals surface area contributed by atoms with E-state index in [1.807, 2.05) is 36.4 Å². The first-order valence-electron chi connectivity index (χ1n) is 11.5. The fourth-order valence-electron chi connectivity index (χ4n) is 4.02. The van der Waals surface area contributed by atoms with Gasteiger partial charge in [0, 0.05) is 11.1 Å². The van der Waals surface area contributed by atoms with Crippen molar-refractivity contribution in [2.24, 2.45) is 5.92 Å². The van der Waals surface area contributed by atoms with Crippen LogP contribution in [-0.4, -0.2) is 52.7 Å². The number of Topliss-reactive ketones (excluding diaryl/α,β-unsaturated/α-hetero) is 2. The molecule has 228 valence electrons. The predicted molar refractivity (Wildman–Crippen MR) is 135 cm³/mol. The molecule has 42 heavy (non-hydrogen) atoms. The Balaban J connectivity index is 0.000000252. The predicted octanol–water partition coefficient (Wildman–Crippen LogP) is 6.03. The third-order valence-electron chi connectivity index (χ3n) is 6.24. The summed E-state index contributed by atoms with van der Waals surface area (Å²) in [7, 11) is -8.19. The lowest BCUT2D eigenvalue weighted by molar-refractivity contribution is -0.382. The Labute approximate surface area is 235 Å². The van der Waals surface area contributed by atoms with Crippen LogP contribution in [0.2, 0.25) is 0 Å². The van der Waals surface area contributed by atoms with Crippen LogP contribution in [0.5, 0.6) is 0 Å². The van der Waals surface area contributed by atoms with Gasteiger partial charge in [0.25, 0.3) is 0 Å². The molecule has 2 aromatic carbocycles. The van der Waals surface area contributed by atoms with Crippen molar-refractivity contribution >= 4 is 37.0 Å². The standard InChI is InChI=1S/C22H18O2S.C4HF9O3S/c1-14-7-3-5-9-19(14)25-20-10-6-4-8-17(20)22(24)18-13-16(15(2)23)11-12-21(18)25;5-1(6,3(9,10)11)2(7,8)4(12,13)17(14,15)16/h3-13,17H,1-2H3;(H,14,15,16). The Morgan fingerprint density at radius 3 is 2.00 bits per heavy atom. The van der Waals surface area contributed by atoms with E-state index in [4.69, 9.17) is 0 Å². The maximum Gasteiger partial charge on any atom is 0.460 e. The zero-order valence-corrected chi connectivity index (χ0v) is 22.9. The van der Waals surface area contributed by atoms with E-state index in [1.54, 1.807) is 13.0 Å². The van der Waals surface area contributed by atoms with Gasteiger partial charge in [0.2, 0.25) is 0 Å². The number of halogens is 9. The molecule has 4 rings (SSSR count). The van der Waals surface area contributed by atoms with Crippen molar-refractivity contribution < 1.29 is 62.1 Å². The molecule has 1 aliphatic heterocycles. The van der Waals surface area contributed by atoms with E-state index in [0.29, 0.717) is 11.1 Å². The molecule has 1 aliphatic carbocycles. The summed E-state index contributed by atoms with van der Waals surface area (Å²) in [5.41, 5.74) is 2.54. The molecule has 2 aromatic rings. The van der Waals surface area contributed by atoms with Crippen molar-refractivity contribution in [3.05, 3.63) is 83.5 Å². The van der Waals surface area contributed by atoms with Crippen molar-refractivity contribution in [2.75, 3.05) is 0 Å². The van der Waals surface area contributed by atoms with Crippen LogP contribution in [0.15, 0.2) is 76.6 Å². The molecule has 1 heterocycles. The molecule has 16 heteroatoms. The fraction of sp³-hybridized carbons (Fsp3) is 0.269. The minimum Gasteiger partial charge on any atom is -0.743 e. The zero-order valence-electron chi connectivity index (χ0n) is 21.2. The number of alkyl halides is 9. The van der Waals surface area contributed by atoms with Crippen LogP contribution < -0.4 is 0 Å². The van der Waals surface area contributed by atoms with Gasteiger partial charge >= 0.3 is 23.3 Å². The van der Waals surface area contributed by atoms with Gasteiger partial charge in [-0.25, -0.2) is 8.42 Å². The molecule has 0 N–H and O–H groups in total. The van der Waals surface area contributed by atoms with E-state index < -0.39 is 43.9 Å². The van der Waals surface area contributed by atoms with E-state index in [1.165, 1.54) is 15.3 Å². The lowest BCUT2D eigenvalue weighted by Gasteiger charge is -2.34. The Morgan fingerprint density at radius 1 is 0.881 bits per heavy atom. The molecule has 5 nitrogen and oxygen atoms in total. The number of carbonyl (C=O) groups excluding carboxylic acids is 2. The molecule has 2 unspecified atom stereocenters. The van der Waals surface area contributed by atoms with Crippen LogP contribution in [-0.2, 0) is 20.6 Å². The van der Waals surface area contributed by atoms with E-state index in [9.17, 15) is 62.1 Å². The number of rotatable bonds is 5. The van der Waals surface area contributed by atoms with Crippen LogP contribution in [0.3, 0.4) is 0 Å². The Bertz CT molecular complexity index is 1640. The van der Waals surface area contributed by atoms with E-state index >= 15 is 0 Å². The van der Waals surface area contributed by atoms with Crippen LogP contribution in [0, 0.1) is 12.8 Å². The van der Waals surface area contributed by atoms with Gasteiger partial charge in [0.15, 0.2) is 21.7 Å². The van der Waals surface area contributed by atoms with Gasteiger partial charge in [0.05, 0.1) is 5.56 Å². The first-order valence-corrected chi connectivity index (χ1v) is 14.2. The average molecular weight is 647 g/mol. The second kappa shape index (κ2) is 11.1. The SMILES string of the molecule is CC(=O)c1ccc2c(c1)C(=O)C1C=CC=CC1=[SH+]2c1ccccc1C.O=S(=O)([O-])C(F)(F)C(F)(F)C(F)(F)C(F)(F)F. The molecule has 0 bridgehead atoms. The summed E-state index contributed by atoms with van der Waals surface area (Å²) in [5, 5.41) is -7.11. The normalized spacial score (nSPS) is 19.0. The monoisotopic (exact) mass is 646 g/mol. The number of aryl methyl sites for hydroxylation is 1. The van der Waals surface area contributed by atoms with Crippen molar-refractivity contribution in [1.82, 2.24) is 0 Å². The Morgan fingerprint density at radius 2 is 1.48 bits per heavy atom. The highest BCUT2D eigenvalue weighted by atomic mass is 32.2. The first kappa shape index (κ1) is 33.3. The molecule has 0 radical (unpaired) electrons. The molecule has 0 aromatic heterocycles. The number of fused-ring (bicyclic) bond motifs is 2. The molecule has 2 atom stereocenters. The number of hydrogen-bond donors (Lipinski definition) is 0. The summed E-state index contributed by atoms with van der Waals surface area (Å²) >= 11 is 0. The number of benzene rings is 2. The molecule has 2 aliphatic rings. The lowest BCUT2D eigenvalue weighted by atomic mass is 9.90. The fourth-order valence-corrected chi connectivity index (χ4v) is 7.30. The van der Waals surface area contributed by atoms with E-state index in [2.05, 4.69) is 31.2 Å². The van der Waals surface area contributed by atoms with Crippen LogP contribution in [0.1, 0.15) is 33.2 Å². The first-order chi connectivity index (χ1) is 19.1. The van der Waals surface area contributed by atoms with Gasteiger partial charge in [-0.2, -0.15) is 39.5 Å². The number of ketones is 2. The molecular weight excluding hydrogens is 627 g/mol. The van der Waals surface area contributed by atoms with Crippen molar-refractivity contribution in [1.29, 1.82) is 0 Å². The maximum atomic E-state index is 13.1. The number of thiol groups is 1. The summed E-state index contributed by atoms with van der Waals surface area (Å²) in [4.78, 5) is 28.4. The van der Waals surface area contributed by atoms with E-state index in [-0.39, 0.29) is 17.5 Å². The minimum absolute atomic E-state index is 0.00956. The number of allylic oxidation sites excluding steroid dienone is 4. The van der Waals surface area contributed by atoms with E-state index in [0.717, 1.165) is 4.90 Å². The third-order valence-corrected chi connectivity index (χ3v) is 9.92. The van der Waals surface area contributed by atoms with Crippen LogP contribution in [0.4, 0.5) is 39.5 Å². The topological polar surface area (TPSA) is 91.3 Å². The van der Waals surface area contributed by atoms with Crippen LogP contribution >= 0.6 is 0 Å². The van der Waals surface area contributed by atoms with Gasteiger partial charge in [-0.3, -0.25) is 9.59 Å². The smallest absolute Gasteiger partial charge is 0.460 e. The van der Waals surface area contributed by atoms with Crippen molar-refractivity contribution in [3.8, 4) is 0 Å². The largest absolute Gasteiger partial charge is 0.743 e. The lowest BCUT2D eigenvalue weighted by Crippen LogP contribution is -2.63. The Hall–Kier alpha value is -3.24. The summed E-state index contributed by atoms with van der Waals surface area (Å²) < 4.78 is 135. The highest BCUT2D eigenvalue weighted by molar-refractivity contribution is 7.97. The van der Waals surface area contributed by atoms with Crippen molar-refractivity contribution in [3.63, 3.8) is 0 Å². The molecule has 0 saturated carbocycles. The average Bonchev–Trinajstić information content (AvgIpc) is 2.88. The second-order valence-corrected chi connectivity index (χ2v) is 12.6. The number of carbonyl (C=O) groups is 2. The summed E-state index contributed by atoms with van der Waals surface area (Å²) in [6.07, 6.45) is 0.876. The highest BCUT2D eigenvalue weighted by Crippen LogP contribution is 2.54. The molecular formula is C26H19F9O5S2. The minimum atomic E-state index is -7.43. The maximum absolute atomic E-state index is 13.1. The molecule has 0 amide bonds. The van der Waals surface area contributed by atoms with Gasteiger partial charge in [-0.15, -0.1) is 0 Å². The highest BCUT2D eigenvalue weighted by Gasteiger charge is 2.83. The Kier molecular flexibility index (Phi) is 8.80. The van der Waals surface area contributed by atoms with Gasteiger partial charge in [-0.1, -0.05) is 46.9 Å². The molecule has 0 spiro atoms. The molecule has 0 fully saturated rings. The summed E-state index contributed by atoms with van der Waals surface area (Å²) in [6, 6.07) is 14.0. The third kappa shape index (κ3) is 5.58.